The number of ether oxygens (including phenoxy) is 1. The molecule has 6 nitrogen and oxygen atoms in total. The lowest BCUT2D eigenvalue weighted by Gasteiger charge is -2.25. The van der Waals surface area contributed by atoms with Gasteiger partial charge < -0.3 is 21.1 Å². The van der Waals surface area contributed by atoms with E-state index in [0.717, 1.165) is 11.8 Å². The first-order valence-corrected chi connectivity index (χ1v) is 7.31. The van der Waals surface area contributed by atoms with Crippen LogP contribution < -0.4 is 16.4 Å². The fraction of sp³-hybridized carbons (Fsp3) is 0.727. The largest absolute Gasteiger partial charge is 0.479 e. The molecule has 0 radical (unpaired) electrons. The second-order valence-corrected chi connectivity index (χ2v) is 5.77. The van der Waals surface area contributed by atoms with Gasteiger partial charge in [0.15, 0.2) is 0 Å². The van der Waals surface area contributed by atoms with Crippen molar-refractivity contribution in [3.05, 3.63) is 0 Å². The van der Waals surface area contributed by atoms with E-state index >= 15 is 0 Å². The SMILES string of the molecule is CCOC(=S)SCC(=O)NC(C)(C)C(=O)NCCN. The summed E-state index contributed by atoms with van der Waals surface area (Å²) in [4.78, 5) is 23.5. The minimum absolute atomic E-state index is 0.117. The van der Waals surface area contributed by atoms with Crippen molar-refractivity contribution < 1.29 is 14.3 Å². The van der Waals surface area contributed by atoms with Gasteiger partial charge in [-0.15, -0.1) is 0 Å². The molecule has 0 aliphatic carbocycles. The van der Waals surface area contributed by atoms with Gasteiger partial charge in [-0.05, 0) is 33.0 Å². The summed E-state index contributed by atoms with van der Waals surface area (Å²) in [6.45, 7) is 6.28. The topological polar surface area (TPSA) is 93.4 Å². The summed E-state index contributed by atoms with van der Waals surface area (Å²) in [5, 5.41) is 5.26. The molecule has 0 bridgehead atoms. The van der Waals surface area contributed by atoms with Gasteiger partial charge in [0.1, 0.15) is 5.54 Å². The minimum Gasteiger partial charge on any atom is -0.479 e. The predicted molar refractivity (Wildman–Crippen MR) is 81.0 cm³/mol. The van der Waals surface area contributed by atoms with E-state index in [-0.39, 0.29) is 17.6 Å². The number of rotatable bonds is 7. The Kier molecular flexibility index (Phi) is 8.70. The molecule has 2 amide bonds. The quantitative estimate of drug-likeness (QED) is 0.574. The number of thioether (sulfide) groups is 1. The standard InChI is InChI=1S/C11H21N3O3S2/c1-4-17-10(18)19-7-8(15)14-11(2,3)9(16)13-6-5-12/h4-7,12H2,1-3H3,(H,13,16)(H,14,15). The van der Waals surface area contributed by atoms with Crippen molar-refractivity contribution in [3.63, 3.8) is 0 Å². The Hall–Kier alpha value is -0.860. The van der Waals surface area contributed by atoms with E-state index in [2.05, 4.69) is 10.6 Å². The molecule has 0 aliphatic rings. The molecule has 0 saturated heterocycles. The second kappa shape index (κ2) is 9.11. The van der Waals surface area contributed by atoms with Crippen LogP contribution in [0.15, 0.2) is 0 Å². The van der Waals surface area contributed by atoms with Gasteiger partial charge in [0.25, 0.3) is 0 Å². The predicted octanol–water partition coefficient (Wildman–Crippen LogP) is 0.0107. The highest BCUT2D eigenvalue weighted by molar-refractivity contribution is 8.23. The highest BCUT2D eigenvalue weighted by atomic mass is 32.2. The Labute approximate surface area is 123 Å². The van der Waals surface area contributed by atoms with Crippen LogP contribution in [0.5, 0.6) is 0 Å². The molecule has 110 valence electrons. The number of amides is 2. The highest BCUT2D eigenvalue weighted by Crippen LogP contribution is 2.07. The van der Waals surface area contributed by atoms with Crippen LogP contribution in [0.1, 0.15) is 20.8 Å². The maximum absolute atomic E-state index is 11.8. The maximum atomic E-state index is 11.8. The fourth-order valence-corrected chi connectivity index (χ4v) is 1.95. The third-order valence-electron chi connectivity index (χ3n) is 2.03. The molecule has 0 aromatic heterocycles. The smallest absolute Gasteiger partial charge is 0.245 e. The van der Waals surface area contributed by atoms with E-state index in [1.54, 1.807) is 13.8 Å². The molecule has 19 heavy (non-hydrogen) atoms. The zero-order chi connectivity index (χ0) is 14.9. The maximum Gasteiger partial charge on any atom is 0.245 e. The third kappa shape index (κ3) is 8.02. The fourth-order valence-electron chi connectivity index (χ4n) is 1.13. The van der Waals surface area contributed by atoms with Gasteiger partial charge in [-0.2, -0.15) is 0 Å². The molecule has 0 fully saturated rings. The third-order valence-corrected chi connectivity index (χ3v) is 3.26. The van der Waals surface area contributed by atoms with Gasteiger partial charge in [0.05, 0.1) is 12.4 Å². The van der Waals surface area contributed by atoms with Crippen LogP contribution in [0.4, 0.5) is 0 Å². The molecule has 0 aliphatic heterocycles. The first-order valence-electron chi connectivity index (χ1n) is 5.92. The van der Waals surface area contributed by atoms with Gasteiger partial charge >= 0.3 is 0 Å². The zero-order valence-electron chi connectivity index (χ0n) is 11.4. The molecular formula is C11H21N3O3S2. The Morgan fingerprint density at radius 1 is 1.42 bits per heavy atom. The monoisotopic (exact) mass is 307 g/mol. The number of hydrogen-bond acceptors (Lipinski definition) is 6. The van der Waals surface area contributed by atoms with Crippen LogP contribution in [0.3, 0.4) is 0 Å². The van der Waals surface area contributed by atoms with E-state index in [0.29, 0.717) is 24.1 Å². The van der Waals surface area contributed by atoms with Crippen molar-refractivity contribution in [2.24, 2.45) is 5.73 Å². The second-order valence-electron chi connectivity index (χ2n) is 4.19. The van der Waals surface area contributed by atoms with Crippen LogP contribution in [0, 0.1) is 0 Å². The number of nitrogens with two attached hydrogens (primary N) is 1. The Bertz CT molecular complexity index is 335. The summed E-state index contributed by atoms with van der Waals surface area (Å²) >= 11 is 6.01. The summed E-state index contributed by atoms with van der Waals surface area (Å²) in [5.74, 6) is -0.435. The molecule has 0 aromatic carbocycles. The van der Waals surface area contributed by atoms with E-state index in [4.69, 9.17) is 22.7 Å². The number of carbonyl (C=O) groups is 2. The van der Waals surface area contributed by atoms with Gasteiger partial charge in [-0.3, -0.25) is 9.59 Å². The van der Waals surface area contributed by atoms with E-state index < -0.39 is 5.54 Å². The molecule has 0 spiro atoms. The van der Waals surface area contributed by atoms with E-state index in [9.17, 15) is 9.59 Å². The summed E-state index contributed by atoms with van der Waals surface area (Å²) in [6.07, 6.45) is 0. The van der Waals surface area contributed by atoms with E-state index in [1.807, 2.05) is 6.92 Å². The number of nitrogens with one attached hydrogen (secondary N) is 2. The Balaban J connectivity index is 4.15. The number of thiocarbonyl (C=S) groups is 1. The van der Waals surface area contributed by atoms with E-state index in [1.165, 1.54) is 0 Å². The summed E-state index contributed by atoms with van der Waals surface area (Å²) < 4.78 is 5.37. The normalized spacial score (nSPS) is 10.7. The number of carbonyl (C=O) groups excluding carboxylic acids is 2. The molecular weight excluding hydrogens is 286 g/mol. The molecule has 8 heteroatoms. The lowest BCUT2D eigenvalue weighted by Crippen LogP contribution is -2.55. The lowest BCUT2D eigenvalue weighted by molar-refractivity contribution is -0.131. The molecule has 0 atom stereocenters. The van der Waals surface area contributed by atoms with Gasteiger partial charge in [-0.25, -0.2) is 0 Å². The number of hydrogen-bond donors (Lipinski definition) is 3. The van der Waals surface area contributed by atoms with Gasteiger partial charge in [0.2, 0.25) is 16.2 Å². The summed E-state index contributed by atoms with van der Waals surface area (Å²) in [5.41, 5.74) is 4.31. The molecule has 0 unspecified atom stereocenters. The van der Waals surface area contributed by atoms with Crippen LogP contribution in [-0.4, -0.2) is 47.2 Å². The van der Waals surface area contributed by atoms with Crippen LogP contribution >= 0.6 is 24.0 Å². The minimum atomic E-state index is -0.986. The average Bonchev–Trinajstić information content (AvgIpc) is 2.33. The summed E-state index contributed by atoms with van der Waals surface area (Å²) in [6, 6.07) is 0. The Morgan fingerprint density at radius 2 is 2.05 bits per heavy atom. The molecule has 0 rings (SSSR count). The highest BCUT2D eigenvalue weighted by Gasteiger charge is 2.28. The Morgan fingerprint density at radius 3 is 2.58 bits per heavy atom. The first-order chi connectivity index (χ1) is 8.83. The lowest BCUT2D eigenvalue weighted by atomic mass is 10.0. The molecule has 0 aromatic rings. The van der Waals surface area contributed by atoms with Crippen molar-refractivity contribution >= 4 is 40.2 Å². The van der Waals surface area contributed by atoms with Gasteiger partial charge in [0, 0.05) is 13.1 Å². The molecule has 0 heterocycles. The molecule has 0 saturated carbocycles. The average molecular weight is 307 g/mol. The van der Waals surface area contributed by atoms with Crippen molar-refractivity contribution in [2.75, 3.05) is 25.4 Å². The van der Waals surface area contributed by atoms with Gasteiger partial charge in [-0.1, -0.05) is 11.8 Å². The first kappa shape index (κ1) is 18.1. The van der Waals surface area contributed by atoms with Crippen molar-refractivity contribution in [2.45, 2.75) is 26.3 Å². The van der Waals surface area contributed by atoms with Crippen LogP contribution in [0.2, 0.25) is 0 Å². The van der Waals surface area contributed by atoms with Crippen molar-refractivity contribution in [1.82, 2.24) is 10.6 Å². The molecule has 4 N–H and O–H groups in total. The van der Waals surface area contributed by atoms with Crippen LogP contribution in [0.25, 0.3) is 0 Å². The van der Waals surface area contributed by atoms with Crippen molar-refractivity contribution in [1.29, 1.82) is 0 Å². The summed E-state index contributed by atoms with van der Waals surface area (Å²) in [7, 11) is 0. The van der Waals surface area contributed by atoms with Crippen molar-refractivity contribution in [3.8, 4) is 0 Å². The van der Waals surface area contributed by atoms with Crippen LogP contribution in [-0.2, 0) is 14.3 Å². The zero-order valence-corrected chi connectivity index (χ0v) is 13.1.